The van der Waals surface area contributed by atoms with Crippen LogP contribution in [-0.4, -0.2) is 78.0 Å². The smallest absolute Gasteiger partial charge is 0.233 e. The lowest BCUT2D eigenvalue weighted by Crippen LogP contribution is -2.63. The lowest BCUT2D eigenvalue weighted by atomic mass is 9.77. The highest BCUT2D eigenvalue weighted by atomic mass is 19.1. The number of aryl methyl sites for hydroxylation is 1. The summed E-state index contributed by atoms with van der Waals surface area (Å²) in [4.78, 5) is 30.2. The van der Waals surface area contributed by atoms with Crippen LogP contribution in [0, 0.1) is 17.7 Å². The van der Waals surface area contributed by atoms with E-state index in [9.17, 15) is 28.6 Å². The Balaban J connectivity index is 1.20. The van der Waals surface area contributed by atoms with Gasteiger partial charge in [-0.3, -0.25) is 14.5 Å². The zero-order valence-electron chi connectivity index (χ0n) is 28.2. The van der Waals surface area contributed by atoms with Crippen molar-refractivity contribution in [3.63, 3.8) is 0 Å². The lowest BCUT2D eigenvalue weighted by Gasteiger charge is -2.48. The predicted octanol–water partition coefficient (Wildman–Crippen LogP) is 5.40. The van der Waals surface area contributed by atoms with Gasteiger partial charge in [0.2, 0.25) is 11.8 Å². The number of carbonyl (C=O) groups is 2. The van der Waals surface area contributed by atoms with E-state index in [1.165, 1.54) is 18.2 Å². The van der Waals surface area contributed by atoms with Crippen molar-refractivity contribution in [1.82, 2.24) is 10.2 Å². The molecule has 48 heavy (non-hydrogen) atoms. The molecule has 3 aliphatic rings. The van der Waals surface area contributed by atoms with Crippen LogP contribution in [-0.2, 0) is 20.7 Å². The number of allylic oxidation sites excluding steroid dienone is 3. The van der Waals surface area contributed by atoms with E-state index < -0.39 is 6.10 Å². The van der Waals surface area contributed by atoms with Gasteiger partial charge >= 0.3 is 0 Å². The van der Waals surface area contributed by atoms with Crippen LogP contribution >= 0.6 is 0 Å². The van der Waals surface area contributed by atoms with E-state index in [-0.39, 0.29) is 65.9 Å². The van der Waals surface area contributed by atoms with E-state index in [0.29, 0.717) is 44.6 Å². The molecule has 5 rings (SSSR count). The molecule has 1 aliphatic carbocycles. The maximum Gasteiger partial charge on any atom is 0.233 e. The Hall–Kier alpha value is -3.44. The number of amides is 2. The third-order valence-corrected chi connectivity index (χ3v) is 10.3. The summed E-state index contributed by atoms with van der Waals surface area (Å²) in [7, 11) is 2.03. The molecule has 10 heteroatoms. The van der Waals surface area contributed by atoms with Crippen molar-refractivity contribution < 1.29 is 33.3 Å². The Morgan fingerprint density at radius 3 is 2.38 bits per heavy atom. The van der Waals surface area contributed by atoms with E-state index in [0.717, 1.165) is 36.1 Å². The number of anilines is 1. The van der Waals surface area contributed by atoms with Gasteiger partial charge in [-0.2, -0.15) is 0 Å². The van der Waals surface area contributed by atoms with E-state index in [2.05, 4.69) is 22.3 Å². The van der Waals surface area contributed by atoms with Crippen LogP contribution in [0.4, 0.5) is 14.5 Å². The number of hydrogen-bond donors (Lipinski definition) is 3. The quantitative estimate of drug-likeness (QED) is 0.208. The maximum absolute atomic E-state index is 13.7. The first-order valence-electron chi connectivity index (χ1n) is 17.1. The van der Waals surface area contributed by atoms with Crippen LogP contribution in [0.15, 0.2) is 72.1 Å². The molecule has 0 radical (unpaired) electrons. The minimum Gasteiger partial charge on any atom is -0.394 e. The van der Waals surface area contributed by atoms with Gasteiger partial charge < -0.3 is 25.2 Å². The largest absolute Gasteiger partial charge is 0.394 e. The third kappa shape index (κ3) is 8.22. The van der Waals surface area contributed by atoms with E-state index in [4.69, 9.17) is 4.74 Å². The van der Waals surface area contributed by atoms with Gasteiger partial charge in [0.1, 0.15) is 11.6 Å². The van der Waals surface area contributed by atoms with Crippen LogP contribution in [0.5, 0.6) is 0 Å². The zero-order valence-corrected chi connectivity index (χ0v) is 28.2. The Bertz CT molecular complexity index is 1470. The minimum absolute atomic E-state index is 0.0619. The molecule has 2 aromatic rings. The molecule has 2 aliphatic heterocycles. The highest BCUT2D eigenvalue weighted by Gasteiger charge is 2.48. The van der Waals surface area contributed by atoms with Gasteiger partial charge in [-0.05, 0) is 98.7 Å². The Labute approximate surface area is 282 Å². The fourth-order valence-corrected chi connectivity index (χ4v) is 6.94. The summed E-state index contributed by atoms with van der Waals surface area (Å²) >= 11 is 0. The second-order valence-corrected chi connectivity index (χ2v) is 13.9. The molecular weight excluding hydrogens is 616 g/mol. The molecule has 4 unspecified atom stereocenters. The minimum atomic E-state index is -0.735. The highest BCUT2D eigenvalue weighted by Crippen LogP contribution is 2.46. The van der Waals surface area contributed by atoms with Crippen LogP contribution in [0.25, 0.3) is 0 Å². The van der Waals surface area contributed by atoms with E-state index in [1.54, 1.807) is 23.1 Å². The number of hydrogen-bond acceptors (Lipinski definition) is 6. The summed E-state index contributed by atoms with van der Waals surface area (Å²) in [6, 6.07) is 13.7. The molecule has 2 fully saturated rings. The first-order valence-corrected chi connectivity index (χ1v) is 17.1. The topological polar surface area (TPSA) is 102 Å². The lowest BCUT2D eigenvalue weighted by molar-refractivity contribution is -0.152. The molecule has 2 saturated heterocycles. The van der Waals surface area contributed by atoms with Crippen molar-refractivity contribution in [2.24, 2.45) is 11.8 Å². The number of aliphatic hydroxyl groups is 2. The number of nitrogens with one attached hydrogen (secondary N) is 1. The summed E-state index contributed by atoms with van der Waals surface area (Å²) in [5, 5.41) is 23.4. The van der Waals surface area contributed by atoms with Gasteiger partial charge in [0, 0.05) is 18.5 Å². The number of carbonyl (C=O) groups excluding carboxylic acids is 2. The van der Waals surface area contributed by atoms with Gasteiger partial charge in [-0.25, -0.2) is 8.78 Å². The Kier molecular flexibility index (Phi) is 11.8. The van der Waals surface area contributed by atoms with Crippen molar-refractivity contribution in [2.75, 3.05) is 38.3 Å². The average molecular weight is 666 g/mol. The number of likely N-dealkylation sites (N-methyl/N-ethyl adjacent to an activating group) is 1. The van der Waals surface area contributed by atoms with Gasteiger partial charge in [-0.15, -0.1) is 0 Å². The number of benzene rings is 2. The zero-order chi connectivity index (χ0) is 34.4. The van der Waals surface area contributed by atoms with Gasteiger partial charge in [0.25, 0.3) is 0 Å². The number of β-lactam (4-membered cyclic amide) rings is 1. The standard InChI is InChI=1S/C38H49F2N3O5/c1-25(2)33(22-44)41-35(46)21-38(23-48-24-38)42(3)20-4-5-26-6-8-28(9-7-26)36-32(18-19-34(45)27-10-12-29(39)13-11-27)37(47)43(36)31-16-14-30(40)15-17-31/h6-10,12,14-17,25,32-34,36,44-45H,4-5,11,13,18-24H2,1-3H3,(H,41,46). The molecule has 0 aromatic heterocycles. The SMILES string of the molecule is CC(C)C(CO)NC(=O)CC1(N(C)CCCc2ccc(C3C(CCC(O)C4=CC=C(F)CC4)C(=O)N3c3ccc(F)cc3)cc2)COC1. The van der Waals surface area contributed by atoms with Crippen molar-refractivity contribution in [3.8, 4) is 0 Å². The molecule has 0 saturated carbocycles. The highest BCUT2D eigenvalue weighted by molar-refractivity contribution is 6.03. The van der Waals surface area contributed by atoms with Crippen molar-refractivity contribution in [1.29, 1.82) is 0 Å². The summed E-state index contributed by atoms with van der Waals surface area (Å²) in [5.41, 5.74) is 3.19. The molecule has 8 nitrogen and oxygen atoms in total. The molecular formula is C38H49F2N3O5. The van der Waals surface area contributed by atoms with E-state index >= 15 is 0 Å². The molecule has 2 aromatic carbocycles. The number of nitrogens with zero attached hydrogens (tertiary/aromatic N) is 2. The fourth-order valence-electron chi connectivity index (χ4n) is 6.94. The summed E-state index contributed by atoms with van der Waals surface area (Å²) in [5.74, 6) is -0.906. The molecule has 0 spiro atoms. The number of ether oxygens (including phenoxy) is 1. The van der Waals surface area contributed by atoms with Crippen LogP contribution < -0.4 is 10.2 Å². The predicted molar refractivity (Wildman–Crippen MR) is 181 cm³/mol. The van der Waals surface area contributed by atoms with Crippen molar-refractivity contribution >= 4 is 17.5 Å². The molecule has 2 amide bonds. The third-order valence-electron chi connectivity index (χ3n) is 10.3. The van der Waals surface area contributed by atoms with Gasteiger partial charge in [0.05, 0.1) is 49.5 Å². The molecule has 260 valence electrons. The average Bonchev–Trinajstić information content (AvgIpc) is 3.05. The number of aliphatic hydroxyl groups excluding tert-OH is 2. The first kappa shape index (κ1) is 35.9. The van der Waals surface area contributed by atoms with Crippen LogP contribution in [0.2, 0.25) is 0 Å². The molecule has 2 heterocycles. The monoisotopic (exact) mass is 665 g/mol. The Morgan fingerprint density at radius 2 is 1.79 bits per heavy atom. The molecule has 3 N–H and O–H groups in total. The van der Waals surface area contributed by atoms with Crippen LogP contribution in [0.3, 0.4) is 0 Å². The maximum atomic E-state index is 13.7. The first-order chi connectivity index (χ1) is 23.0. The normalized spacial score (nSPS) is 21.7. The summed E-state index contributed by atoms with van der Waals surface area (Å²) < 4.78 is 32.7. The second kappa shape index (κ2) is 15.8. The number of rotatable bonds is 16. The Morgan fingerprint density at radius 1 is 1.08 bits per heavy atom. The van der Waals surface area contributed by atoms with Crippen molar-refractivity contribution in [2.45, 2.75) is 82.5 Å². The second-order valence-electron chi connectivity index (χ2n) is 13.9. The van der Waals surface area contributed by atoms with E-state index in [1.807, 2.05) is 33.0 Å². The summed E-state index contributed by atoms with van der Waals surface area (Å²) in [6.45, 7) is 5.62. The molecule has 4 atom stereocenters. The summed E-state index contributed by atoms with van der Waals surface area (Å²) in [6.07, 6.45) is 5.95. The number of halogens is 2. The van der Waals surface area contributed by atoms with Gasteiger partial charge in [0.15, 0.2) is 0 Å². The fraction of sp³-hybridized carbons (Fsp3) is 0.526. The van der Waals surface area contributed by atoms with Crippen molar-refractivity contribution in [3.05, 3.63) is 89.0 Å². The molecule has 0 bridgehead atoms. The van der Waals surface area contributed by atoms with Gasteiger partial charge in [-0.1, -0.05) is 44.2 Å². The van der Waals surface area contributed by atoms with Crippen LogP contribution in [0.1, 0.15) is 69.5 Å².